The molecule has 0 saturated heterocycles. The normalized spacial score (nSPS) is 18.8. The minimum absolute atomic E-state index is 0. The molecule has 2 nitrogen and oxygen atoms in total. The number of alkyl halides is 1. The van der Waals surface area contributed by atoms with Gasteiger partial charge in [0.15, 0.2) is 0 Å². The lowest BCUT2D eigenvalue weighted by molar-refractivity contribution is 0.123. The van der Waals surface area contributed by atoms with Crippen molar-refractivity contribution in [2.75, 3.05) is 7.05 Å². The lowest BCUT2D eigenvalue weighted by Gasteiger charge is -2.11. The topological polar surface area (TPSA) is 15.3 Å². The second-order valence-corrected chi connectivity index (χ2v) is 1.70. The molecule has 0 radical (unpaired) electrons. The average Bonchev–Trinajstić information content (AvgIpc) is 1.98. The van der Waals surface area contributed by atoms with Crippen LogP contribution in [0.2, 0.25) is 0 Å². The summed E-state index contributed by atoms with van der Waals surface area (Å²) in [7, 11) is 1.11. The largest absolute Gasteiger partial charge is 0.311 e. The third kappa shape index (κ3) is 4.11. The SMILES string of the molecule is CN1C(F)=C(F)NC1F.Cl.F.F.F. The van der Waals surface area contributed by atoms with E-state index in [1.165, 1.54) is 0 Å². The number of halogens is 7. The molecule has 0 spiro atoms. The van der Waals surface area contributed by atoms with Gasteiger partial charge in [-0.15, -0.1) is 12.4 Å². The van der Waals surface area contributed by atoms with E-state index in [-0.39, 0.29) is 26.5 Å². The van der Waals surface area contributed by atoms with Crippen LogP contribution in [0.3, 0.4) is 0 Å². The summed E-state index contributed by atoms with van der Waals surface area (Å²) in [6, 6.07) is 0. The number of nitrogens with zero attached hydrogens (tertiary/aromatic N) is 1. The summed E-state index contributed by atoms with van der Waals surface area (Å²) >= 11 is 0. The van der Waals surface area contributed by atoms with Crippen molar-refractivity contribution in [1.82, 2.24) is 10.2 Å². The van der Waals surface area contributed by atoms with Crippen LogP contribution < -0.4 is 5.32 Å². The van der Waals surface area contributed by atoms with Crippen LogP contribution in [0, 0.1) is 0 Å². The summed E-state index contributed by atoms with van der Waals surface area (Å²) in [5.41, 5.74) is 0. The van der Waals surface area contributed by atoms with Gasteiger partial charge in [0.25, 0.3) is 6.42 Å². The fourth-order valence-electron chi connectivity index (χ4n) is 0.515. The van der Waals surface area contributed by atoms with Crippen LogP contribution in [0.25, 0.3) is 0 Å². The molecule has 0 saturated carbocycles. The quantitative estimate of drug-likeness (QED) is 0.507. The first-order valence-electron chi connectivity index (χ1n) is 2.31. The van der Waals surface area contributed by atoms with Crippen molar-refractivity contribution in [2.24, 2.45) is 0 Å². The lowest BCUT2D eigenvalue weighted by Crippen LogP contribution is -2.28. The minimum atomic E-state index is -1.77. The highest BCUT2D eigenvalue weighted by Crippen LogP contribution is 2.19. The van der Waals surface area contributed by atoms with Gasteiger partial charge in [-0.3, -0.25) is 14.1 Å². The first-order chi connectivity index (χ1) is 4.13. The molecular weight excluding hydrogens is 225 g/mol. The number of hydrogen-bond donors (Lipinski definition) is 1. The fraction of sp³-hybridized carbons (Fsp3) is 0.500. The Morgan fingerprint density at radius 3 is 1.69 bits per heavy atom. The van der Waals surface area contributed by atoms with Gasteiger partial charge in [0.05, 0.1) is 0 Å². The van der Waals surface area contributed by atoms with E-state index in [1.807, 2.05) is 0 Å². The molecule has 1 unspecified atom stereocenters. The zero-order valence-electron chi connectivity index (χ0n) is 6.29. The Balaban J connectivity index is -0.000000101. The number of rotatable bonds is 0. The predicted molar refractivity (Wildman–Crippen MR) is 39.8 cm³/mol. The van der Waals surface area contributed by atoms with Crippen molar-refractivity contribution < 1.29 is 27.3 Å². The van der Waals surface area contributed by atoms with E-state index < -0.39 is 18.3 Å². The molecule has 13 heavy (non-hydrogen) atoms. The molecule has 0 aromatic rings. The summed E-state index contributed by atoms with van der Waals surface area (Å²) in [5, 5.41) is 1.61. The summed E-state index contributed by atoms with van der Waals surface area (Å²) in [5.74, 6) is -2.44. The smallest absolute Gasteiger partial charge is 0.250 e. The summed E-state index contributed by atoms with van der Waals surface area (Å²) in [6.07, 6.45) is -1.77. The van der Waals surface area contributed by atoms with Crippen LogP contribution >= 0.6 is 12.4 Å². The molecule has 9 heteroatoms. The molecular formula is C4H9ClF6N2. The van der Waals surface area contributed by atoms with Crippen molar-refractivity contribution in [3.05, 3.63) is 11.9 Å². The molecule has 0 fully saturated rings. The van der Waals surface area contributed by atoms with Gasteiger partial charge in [-0.05, 0) is 0 Å². The molecule has 84 valence electrons. The van der Waals surface area contributed by atoms with Gasteiger partial charge in [-0.1, -0.05) is 0 Å². The van der Waals surface area contributed by atoms with Gasteiger partial charge in [0.1, 0.15) is 0 Å². The molecule has 1 aliphatic rings. The van der Waals surface area contributed by atoms with Crippen molar-refractivity contribution in [2.45, 2.75) is 6.42 Å². The molecule has 1 atom stereocenters. The van der Waals surface area contributed by atoms with Crippen molar-refractivity contribution >= 4 is 12.4 Å². The van der Waals surface area contributed by atoms with Gasteiger partial charge < -0.3 is 10.2 Å². The van der Waals surface area contributed by atoms with E-state index in [0.717, 1.165) is 7.05 Å². The van der Waals surface area contributed by atoms with Crippen LogP contribution in [0.1, 0.15) is 0 Å². The Morgan fingerprint density at radius 1 is 1.23 bits per heavy atom. The Hall–Kier alpha value is -0.790. The second-order valence-electron chi connectivity index (χ2n) is 1.70. The molecule has 1 aliphatic heterocycles. The highest BCUT2D eigenvalue weighted by atomic mass is 35.5. The zero-order chi connectivity index (χ0) is 7.02. The van der Waals surface area contributed by atoms with Crippen LogP contribution in [0.15, 0.2) is 11.9 Å². The van der Waals surface area contributed by atoms with Gasteiger partial charge in [0, 0.05) is 7.05 Å². The van der Waals surface area contributed by atoms with Crippen molar-refractivity contribution in [1.29, 1.82) is 0 Å². The second kappa shape index (κ2) is 7.84. The maximum Gasteiger partial charge on any atom is 0.250 e. The molecule has 0 bridgehead atoms. The summed E-state index contributed by atoms with van der Waals surface area (Å²) in [4.78, 5) is 0.523. The van der Waals surface area contributed by atoms with Gasteiger partial charge in [-0.25, -0.2) is 0 Å². The van der Waals surface area contributed by atoms with Gasteiger partial charge in [0.2, 0.25) is 11.9 Å². The Kier molecular flexibility index (Phi) is 13.7. The van der Waals surface area contributed by atoms with Crippen LogP contribution in [0.4, 0.5) is 27.3 Å². The average molecular weight is 235 g/mol. The first-order valence-corrected chi connectivity index (χ1v) is 2.31. The Morgan fingerprint density at radius 2 is 1.62 bits per heavy atom. The van der Waals surface area contributed by atoms with E-state index in [1.54, 1.807) is 5.32 Å². The third-order valence-corrected chi connectivity index (χ3v) is 1.08. The summed E-state index contributed by atoms with van der Waals surface area (Å²) in [6.45, 7) is 0. The van der Waals surface area contributed by atoms with E-state index in [2.05, 4.69) is 0 Å². The van der Waals surface area contributed by atoms with Crippen LogP contribution in [-0.4, -0.2) is 18.4 Å². The maximum absolute atomic E-state index is 12.1. The van der Waals surface area contributed by atoms with E-state index in [4.69, 9.17) is 0 Å². The van der Waals surface area contributed by atoms with E-state index in [0.29, 0.717) is 4.90 Å². The van der Waals surface area contributed by atoms with Gasteiger partial charge >= 0.3 is 0 Å². The number of nitrogens with one attached hydrogen (secondary N) is 1. The first kappa shape index (κ1) is 22.8. The van der Waals surface area contributed by atoms with Crippen molar-refractivity contribution in [3.63, 3.8) is 0 Å². The molecule has 1 heterocycles. The molecule has 0 amide bonds. The highest BCUT2D eigenvalue weighted by molar-refractivity contribution is 5.85. The van der Waals surface area contributed by atoms with E-state index in [9.17, 15) is 13.2 Å². The van der Waals surface area contributed by atoms with Gasteiger partial charge in [-0.2, -0.15) is 13.2 Å². The summed E-state index contributed by atoms with van der Waals surface area (Å²) < 4.78 is 36.1. The molecule has 1 N–H and O–H groups in total. The minimum Gasteiger partial charge on any atom is -0.311 e. The Bertz CT molecular complexity index is 165. The highest BCUT2D eigenvalue weighted by Gasteiger charge is 2.28. The number of hydrogen-bond acceptors (Lipinski definition) is 2. The van der Waals surface area contributed by atoms with Crippen molar-refractivity contribution in [3.8, 4) is 0 Å². The van der Waals surface area contributed by atoms with Crippen LogP contribution in [-0.2, 0) is 0 Å². The standard InChI is InChI=1S/C4H5F3N2.ClH.3FH/c1-9-3(6)2(5)8-4(9)7;;;;/h4,8H,1H3;4*1H. The fourth-order valence-corrected chi connectivity index (χ4v) is 0.515. The predicted octanol–water partition coefficient (Wildman–Crippen LogP) is 1.72. The molecule has 1 rings (SSSR count). The van der Waals surface area contributed by atoms with E-state index >= 15 is 0 Å². The monoisotopic (exact) mass is 234 g/mol. The molecule has 0 aliphatic carbocycles. The Labute approximate surface area is 76.3 Å². The lowest BCUT2D eigenvalue weighted by atomic mass is 10.8. The maximum atomic E-state index is 12.1. The zero-order valence-corrected chi connectivity index (χ0v) is 7.11. The third-order valence-electron chi connectivity index (χ3n) is 1.08. The molecule has 0 aromatic carbocycles. The van der Waals surface area contributed by atoms with Crippen LogP contribution in [0.5, 0.6) is 0 Å². The molecule has 0 aromatic heterocycles.